The number of rotatable bonds is 4. The van der Waals surface area contributed by atoms with Crippen molar-refractivity contribution in [3.05, 3.63) is 110 Å². The lowest BCUT2D eigenvalue weighted by atomic mass is 9.97. The fraction of sp³-hybridized carbons (Fsp3) is 0.0417. The van der Waals surface area contributed by atoms with Crippen LogP contribution in [0.25, 0.3) is 27.9 Å². The summed E-state index contributed by atoms with van der Waals surface area (Å²) in [6, 6.07) is 19.4. The fourth-order valence-electron chi connectivity index (χ4n) is 3.79. The van der Waals surface area contributed by atoms with Gasteiger partial charge in [-0.05, 0) is 53.1 Å². The highest BCUT2D eigenvalue weighted by atomic mass is 35.5. The van der Waals surface area contributed by atoms with Crippen molar-refractivity contribution >= 4 is 17.2 Å². The first-order valence-electron chi connectivity index (χ1n) is 9.96. The Morgan fingerprint density at radius 1 is 0.909 bits per heavy atom. The van der Waals surface area contributed by atoms with Crippen LogP contribution in [0.15, 0.2) is 82.6 Å². The topological polar surface area (TPSA) is 109 Å². The number of benzene rings is 2. The third-order valence-corrected chi connectivity index (χ3v) is 5.58. The Bertz CT molecular complexity index is 1630. The molecule has 0 aliphatic heterocycles. The molecular weight excluding hydrogens is 440 g/mol. The van der Waals surface area contributed by atoms with Crippen molar-refractivity contribution in [3.63, 3.8) is 0 Å². The first-order chi connectivity index (χ1) is 16.1. The third kappa shape index (κ3) is 3.60. The number of pyridine rings is 1. The third-order valence-electron chi connectivity index (χ3n) is 5.33. The number of aromatic nitrogens is 5. The number of nitriles is 1. The van der Waals surface area contributed by atoms with Crippen LogP contribution in [0.2, 0.25) is 5.02 Å². The largest absolute Gasteiger partial charge is 0.363 e. The average molecular weight is 455 g/mol. The lowest BCUT2D eigenvalue weighted by Gasteiger charge is -2.16. The van der Waals surface area contributed by atoms with Gasteiger partial charge in [0.25, 0.3) is 5.56 Å². The Balaban J connectivity index is 1.85. The maximum atomic E-state index is 13.9. The van der Waals surface area contributed by atoms with Gasteiger partial charge in [-0.3, -0.25) is 9.78 Å². The van der Waals surface area contributed by atoms with Crippen molar-refractivity contribution < 1.29 is 0 Å². The molecule has 0 radical (unpaired) electrons. The minimum atomic E-state index is -0.535. The van der Waals surface area contributed by atoms with Crippen LogP contribution < -0.4 is 11.2 Å². The van der Waals surface area contributed by atoms with Crippen LogP contribution in [0.1, 0.15) is 11.1 Å². The fourth-order valence-corrected chi connectivity index (χ4v) is 3.92. The van der Waals surface area contributed by atoms with Crippen LogP contribution >= 0.6 is 11.6 Å². The summed E-state index contributed by atoms with van der Waals surface area (Å²) in [6.45, 7) is 0.111. The molecule has 0 atom stereocenters. The van der Waals surface area contributed by atoms with Gasteiger partial charge in [-0.1, -0.05) is 35.9 Å². The predicted octanol–water partition coefficient (Wildman–Crippen LogP) is 3.49. The molecule has 0 saturated carbocycles. The van der Waals surface area contributed by atoms with E-state index in [1.165, 1.54) is 9.20 Å². The summed E-state index contributed by atoms with van der Waals surface area (Å²) in [6.07, 6.45) is 3.21. The van der Waals surface area contributed by atoms with Gasteiger partial charge in [0, 0.05) is 23.0 Å². The van der Waals surface area contributed by atoms with E-state index < -0.39 is 5.69 Å². The van der Waals surface area contributed by atoms with Crippen molar-refractivity contribution in [2.24, 2.45) is 0 Å². The van der Waals surface area contributed by atoms with Crippen LogP contribution in [-0.4, -0.2) is 24.4 Å². The smallest absolute Gasteiger partial charge is 0.267 e. The minimum Gasteiger partial charge on any atom is -0.267 e. The van der Waals surface area contributed by atoms with E-state index in [4.69, 9.17) is 16.9 Å². The average Bonchev–Trinajstić information content (AvgIpc) is 3.23. The molecule has 0 aliphatic rings. The van der Waals surface area contributed by atoms with Gasteiger partial charge in [0.2, 0.25) is 0 Å². The molecule has 0 aliphatic carbocycles. The van der Waals surface area contributed by atoms with Crippen molar-refractivity contribution in [3.8, 4) is 28.3 Å². The molecule has 5 rings (SSSR count). The summed E-state index contributed by atoms with van der Waals surface area (Å²) in [5.74, 6) is 0. The minimum absolute atomic E-state index is 0.111. The molecule has 0 fully saturated rings. The van der Waals surface area contributed by atoms with Crippen LogP contribution in [0.5, 0.6) is 0 Å². The van der Waals surface area contributed by atoms with Crippen molar-refractivity contribution in [1.82, 2.24) is 24.4 Å². The van der Waals surface area contributed by atoms with Crippen molar-refractivity contribution in [2.75, 3.05) is 0 Å². The zero-order chi connectivity index (χ0) is 22.9. The number of fused-ring (bicyclic) bond motifs is 1. The molecule has 0 unspecified atom stereocenters. The Hall–Kier alpha value is -4.48. The highest BCUT2D eigenvalue weighted by molar-refractivity contribution is 6.30. The molecule has 1 N–H and O–H groups in total. The number of nitrogens with zero attached hydrogens (tertiary/aromatic N) is 5. The molecule has 8 nitrogen and oxygen atoms in total. The predicted molar refractivity (Wildman–Crippen MR) is 124 cm³/mol. The first-order valence-corrected chi connectivity index (χ1v) is 10.3. The van der Waals surface area contributed by atoms with Gasteiger partial charge >= 0.3 is 5.69 Å². The SMILES string of the molecule is N#Cc1ccc(Cn2c(=O)c(-c3ccncc3)c(-c3ccc(Cl)cc3)c3n[nH]c(=O)n32)cc1. The molecule has 2 aromatic carbocycles. The van der Waals surface area contributed by atoms with Crippen molar-refractivity contribution in [1.29, 1.82) is 5.26 Å². The zero-order valence-electron chi connectivity index (χ0n) is 17.1. The quantitative estimate of drug-likeness (QED) is 0.447. The maximum Gasteiger partial charge on any atom is 0.363 e. The van der Waals surface area contributed by atoms with E-state index in [0.29, 0.717) is 38.5 Å². The Kier molecular flexibility index (Phi) is 5.09. The van der Waals surface area contributed by atoms with Crippen LogP contribution in [-0.2, 0) is 6.54 Å². The van der Waals surface area contributed by atoms with E-state index in [1.807, 2.05) is 0 Å². The number of hydrogen-bond acceptors (Lipinski definition) is 5. The van der Waals surface area contributed by atoms with Crippen LogP contribution in [0, 0.1) is 11.3 Å². The number of H-pyrrole nitrogens is 1. The molecule has 9 heteroatoms. The van der Waals surface area contributed by atoms with Gasteiger partial charge in [-0.15, -0.1) is 0 Å². The molecule has 5 aromatic rings. The van der Waals surface area contributed by atoms with Crippen LogP contribution in [0.3, 0.4) is 0 Å². The normalized spacial score (nSPS) is 10.9. The van der Waals surface area contributed by atoms with Gasteiger partial charge in [0.1, 0.15) is 0 Å². The lowest BCUT2D eigenvalue weighted by Crippen LogP contribution is -2.33. The highest BCUT2D eigenvalue weighted by Crippen LogP contribution is 2.32. The molecule has 0 spiro atoms. The molecule has 3 aromatic heterocycles. The summed E-state index contributed by atoms with van der Waals surface area (Å²) in [7, 11) is 0. The number of nitrogens with one attached hydrogen (secondary N) is 1. The van der Waals surface area contributed by atoms with E-state index in [1.54, 1.807) is 73.1 Å². The number of aromatic amines is 1. The van der Waals surface area contributed by atoms with E-state index in [-0.39, 0.29) is 12.1 Å². The van der Waals surface area contributed by atoms with Crippen LogP contribution in [0.4, 0.5) is 0 Å². The highest BCUT2D eigenvalue weighted by Gasteiger charge is 2.22. The number of halogens is 1. The van der Waals surface area contributed by atoms with Gasteiger partial charge in [0.15, 0.2) is 5.65 Å². The van der Waals surface area contributed by atoms with Gasteiger partial charge in [0.05, 0.1) is 23.7 Å². The second kappa shape index (κ2) is 8.22. The monoisotopic (exact) mass is 454 g/mol. The summed E-state index contributed by atoms with van der Waals surface area (Å²) >= 11 is 6.08. The standard InChI is InChI=1S/C24H15ClN6O2/c25-19-7-5-17(6-8-19)20-21(18-9-11-27-12-10-18)23(32)30(31-22(20)28-29-24(31)33)14-16-3-1-15(13-26)2-4-16/h1-12H,14H2,(H,29,33). The summed E-state index contributed by atoms with van der Waals surface area (Å²) < 4.78 is 2.59. The summed E-state index contributed by atoms with van der Waals surface area (Å²) in [5.41, 5.74) is 2.90. The Labute approximate surface area is 191 Å². The summed E-state index contributed by atoms with van der Waals surface area (Å²) in [4.78, 5) is 30.7. The molecule has 160 valence electrons. The zero-order valence-corrected chi connectivity index (χ0v) is 17.8. The molecule has 0 amide bonds. The molecule has 0 bridgehead atoms. The maximum absolute atomic E-state index is 13.9. The van der Waals surface area contributed by atoms with Gasteiger partial charge < -0.3 is 0 Å². The van der Waals surface area contributed by atoms with E-state index in [2.05, 4.69) is 21.3 Å². The first kappa shape index (κ1) is 20.4. The number of hydrogen-bond donors (Lipinski definition) is 1. The molecule has 33 heavy (non-hydrogen) atoms. The Morgan fingerprint density at radius 2 is 1.58 bits per heavy atom. The Morgan fingerprint density at radius 3 is 2.24 bits per heavy atom. The van der Waals surface area contributed by atoms with Gasteiger partial charge in [-0.25, -0.2) is 14.6 Å². The molecule has 0 saturated heterocycles. The van der Waals surface area contributed by atoms with Crippen molar-refractivity contribution in [2.45, 2.75) is 6.54 Å². The summed E-state index contributed by atoms with van der Waals surface area (Å²) in [5, 5.41) is 16.3. The second-order valence-corrected chi connectivity index (χ2v) is 7.76. The second-order valence-electron chi connectivity index (χ2n) is 7.33. The van der Waals surface area contributed by atoms with E-state index >= 15 is 0 Å². The molecule has 3 heterocycles. The van der Waals surface area contributed by atoms with Gasteiger partial charge in [-0.2, -0.15) is 14.9 Å². The van der Waals surface area contributed by atoms with E-state index in [9.17, 15) is 9.59 Å². The van der Waals surface area contributed by atoms with E-state index in [0.717, 1.165) is 5.56 Å². The lowest BCUT2D eigenvalue weighted by molar-refractivity contribution is 0.587. The molecular formula is C24H15ClN6O2.